The smallest absolute Gasteiger partial charge is 0.304 e. The molecule has 5 heteroatoms. The number of hydrogen-bond donors (Lipinski definition) is 1. The van der Waals surface area contributed by atoms with Crippen LogP contribution in [0.5, 0.6) is 0 Å². The van der Waals surface area contributed by atoms with Crippen LogP contribution in [-0.2, 0) is 14.6 Å². The number of rotatable bonds is 3. The number of carboxylic acids is 1. The number of aliphatic carboxylic acids is 1. The van der Waals surface area contributed by atoms with E-state index in [1.54, 1.807) is 20.8 Å². The first-order chi connectivity index (χ1) is 5.17. The van der Waals surface area contributed by atoms with Gasteiger partial charge in [-0.1, -0.05) is 0 Å². The fourth-order valence-corrected chi connectivity index (χ4v) is 1.58. The molecule has 0 heterocycles. The highest BCUT2D eigenvalue weighted by Gasteiger charge is 2.28. The molecule has 0 radical (unpaired) electrons. The number of carboxylic acid groups (broad SMARTS) is 1. The second-order valence-electron chi connectivity index (χ2n) is 3.57. The van der Waals surface area contributed by atoms with E-state index in [4.69, 9.17) is 5.11 Å². The summed E-state index contributed by atoms with van der Waals surface area (Å²) >= 11 is 0. The van der Waals surface area contributed by atoms with Crippen molar-refractivity contribution in [1.29, 1.82) is 0 Å². The van der Waals surface area contributed by atoms with Gasteiger partial charge in [0.1, 0.15) is 0 Å². The van der Waals surface area contributed by atoms with Gasteiger partial charge in [-0.3, -0.25) is 4.79 Å². The minimum atomic E-state index is -3.27. The van der Waals surface area contributed by atoms with Gasteiger partial charge >= 0.3 is 5.97 Å². The van der Waals surface area contributed by atoms with E-state index in [9.17, 15) is 13.2 Å². The fraction of sp³-hybridized carbons (Fsp3) is 0.857. The van der Waals surface area contributed by atoms with E-state index in [-0.39, 0.29) is 12.2 Å². The van der Waals surface area contributed by atoms with E-state index in [1.807, 2.05) is 0 Å². The van der Waals surface area contributed by atoms with Gasteiger partial charge in [0.25, 0.3) is 0 Å². The average molecular weight is 194 g/mol. The molecule has 0 aromatic carbocycles. The minimum absolute atomic E-state index is 0.286. The van der Waals surface area contributed by atoms with E-state index in [2.05, 4.69) is 0 Å². The van der Waals surface area contributed by atoms with E-state index >= 15 is 0 Å². The SMILES string of the molecule is CC(C)(C)S(=O)(=O)CCC(=O)O. The lowest BCUT2D eigenvalue weighted by atomic mass is 10.3. The molecule has 0 aromatic rings. The van der Waals surface area contributed by atoms with E-state index in [0.717, 1.165) is 0 Å². The summed E-state index contributed by atoms with van der Waals surface area (Å²) in [6.45, 7) is 4.68. The molecule has 0 saturated heterocycles. The maximum atomic E-state index is 11.3. The van der Waals surface area contributed by atoms with Gasteiger partial charge in [-0.05, 0) is 20.8 Å². The van der Waals surface area contributed by atoms with Crippen molar-refractivity contribution in [3.8, 4) is 0 Å². The molecule has 0 aromatic heterocycles. The Morgan fingerprint density at radius 3 is 2.00 bits per heavy atom. The Morgan fingerprint density at radius 1 is 1.33 bits per heavy atom. The van der Waals surface area contributed by atoms with Gasteiger partial charge < -0.3 is 5.11 Å². The third-order valence-electron chi connectivity index (χ3n) is 1.52. The summed E-state index contributed by atoms with van der Waals surface area (Å²) in [6.07, 6.45) is -0.320. The van der Waals surface area contributed by atoms with Gasteiger partial charge in [-0.2, -0.15) is 0 Å². The zero-order valence-corrected chi connectivity index (χ0v) is 8.31. The average Bonchev–Trinajstić information content (AvgIpc) is 1.81. The summed E-state index contributed by atoms with van der Waals surface area (Å²) in [5, 5.41) is 8.28. The molecule has 0 bridgehead atoms. The maximum Gasteiger partial charge on any atom is 0.304 e. The largest absolute Gasteiger partial charge is 0.481 e. The summed E-state index contributed by atoms with van der Waals surface area (Å²) in [5.74, 6) is -1.37. The zero-order chi connectivity index (χ0) is 9.99. The Labute approximate surface area is 72.5 Å². The Bertz CT molecular complexity index is 258. The van der Waals surface area contributed by atoms with Gasteiger partial charge in [0.15, 0.2) is 9.84 Å². The molecule has 0 amide bonds. The first-order valence-corrected chi connectivity index (χ1v) is 5.26. The third-order valence-corrected chi connectivity index (χ3v) is 4.13. The lowest BCUT2D eigenvalue weighted by molar-refractivity contribution is -0.136. The zero-order valence-electron chi connectivity index (χ0n) is 7.49. The fourth-order valence-electron chi connectivity index (χ4n) is 0.528. The standard InChI is InChI=1S/C7H14O4S/c1-7(2,3)12(10,11)5-4-6(8)9/h4-5H2,1-3H3,(H,8,9). The first-order valence-electron chi connectivity index (χ1n) is 3.61. The van der Waals surface area contributed by atoms with Crippen LogP contribution < -0.4 is 0 Å². The molecule has 0 unspecified atom stereocenters. The number of sulfone groups is 1. The van der Waals surface area contributed by atoms with Crippen LogP contribution in [0.1, 0.15) is 27.2 Å². The first kappa shape index (κ1) is 11.4. The summed E-state index contributed by atoms with van der Waals surface area (Å²) in [5.41, 5.74) is 0. The van der Waals surface area contributed by atoms with Crippen LogP contribution in [0.25, 0.3) is 0 Å². The van der Waals surface area contributed by atoms with Gasteiger partial charge in [-0.15, -0.1) is 0 Å². The van der Waals surface area contributed by atoms with Crippen molar-refractivity contribution in [2.24, 2.45) is 0 Å². The lowest BCUT2D eigenvalue weighted by Gasteiger charge is -2.18. The molecule has 1 N–H and O–H groups in total. The Hall–Kier alpha value is -0.580. The molecule has 0 spiro atoms. The molecule has 4 nitrogen and oxygen atoms in total. The van der Waals surface area contributed by atoms with Crippen LogP contribution in [0, 0.1) is 0 Å². The van der Waals surface area contributed by atoms with Crippen LogP contribution in [0.4, 0.5) is 0 Å². The minimum Gasteiger partial charge on any atom is -0.481 e. The second-order valence-corrected chi connectivity index (χ2v) is 6.44. The Kier molecular flexibility index (Phi) is 3.26. The molecule has 0 rings (SSSR count). The van der Waals surface area contributed by atoms with Crippen molar-refractivity contribution in [2.75, 3.05) is 5.75 Å². The summed E-state index contributed by atoms with van der Waals surface area (Å²) in [4.78, 5) is 10.1. The van der Waals surface area contributed by atoms with Crippen molar-refractivity contribution >= 4 is 15.8 Å². The molecule has 0 aliphatic rings. The quantitative estimate of drug-likeness (QED) is 0.717. The van der Waals surface area contributed by atoms with E-state index in [0.29, 0.717) is 0 Å². The molecular formula is C7H14O4S. The van der Waals surface area contributed by atoms with E-state index < -0.39 is 20.6 Å². The maximum absolute atomic E-state index is 11.3. The Balaban J connectivity index is 4.37. The van der Waals surface area contributed by atoms with Crippen LogP contribution in [-0.4, -0.2) is 30.0 Å². The van der Waals surface area contributed by atoms with Crippen molar-refractivity contribution in [3.63, 3.8) is 0 Å². The van der Waals surface area contributed by atoms with Crippen molar-refractivity contribution in [3.05, 3.63) is 0 Å². The molecule has 0 aliphatic carbocycles. The summed E-state index contributed by atoms with van der Waals surface area (Å²) in [7, 11) is -3.27. The second kappa shape index (κ2) is 3.43. The third kappa shape index (κ3) is 3.21. The van der Waals surface area contributed by atoms with Gasteiger partial charge in [0.2, 0.25) is 0 Å². The highest BCUT2D eigenvalue weighted by Crippen LogP contribution is 2.16. The Morgan fingerprint density at radius 2 is 1.75 bits per heavy atom. The molecule has 0 fully saturated rings. The van der Waals surface area contributed by atoms with Gasteiger partial charge in [0.05, 0.1) is 16.9 Å². The summed E-state index contributed by atoms with van der Waals surface area (Å²) < 4.78 is 21.7. The highest BCUT2D eigenvalue weighted by molar-refractivity contribution is 7.92. The molecule has 0 aliphatic heterocycles. The summed E-state index contributed by atoms with van der Waals surface area (Å²) in [6, 6.07) is 0. The predicted molar refractivity (Wildman–Crippen MR) is 45.8 cm³/mol. The lowest BCUT2D eigenvalue weighted by Crippen LogP contribution is -2.31. The molecular weight excluding hydrogens is 180 g/mol. The highest BCUT2D eigenvalue weighted by atomic mass is 32.2. The molecule has 12 heavy (non-hydrogen) atoms. The van der Waals surface area contributed by atoms with Crippen molar-refractivity contribution < 1.29 is 18.3 Å². The normalized spacial score (nSPS) is 12.9. The van der Waals surface area contributed by atoms with Crippen LogP contribution in [0.15, 0.2) is 0 Å². The van der Waals surface area contributed by atoms with Crippen LogP contribution in [0.3, 0.4) is 0 Å². The molecule has 72 valence electrons. The van der Waals surface area contributed by atoms with Gasteiger partial charge in [-0.25, -0.2) is 8.42 Å². The number of carbonyl (C=O) groups is 1. The predicted octanol–water partition coefficient (Wildman–Crippen LogP) is 0.674. The monoisotopic (exact) mass is 194 g/mol. The number of hydrogen-bond acceptors (Lipinski definition) is 3. The molecule has 0 atom stereocenters. The molecule has 0 saturated carbocycles. The van der Waals surface area contributed by atoms with E-state index in [1.165, 1.54) is 0 Å². The van der Waals surface area contributed by atoms with Crippen LogP contribution in [0.2, 0.25) is 0 Å². The van der Waals surface area contributed by atoms with Crippen LogP contribution >= 0.6 is 0 Å². The topological polar surface area (TPSA) is 71.4 Å². The van der Waals surface area contributed by atoms with Gasteiger partial charge in [0, 0.05) is 0 Å². The van der Waals surface area contributed by atoms with Crippen molar-refractivity contribution in [2.45, 2.75) is 31.9 Å². The van der Waals surface area contributed by atoms with Crippen molar-refractivity contribution in [1.82, 2.24) is 0 Å².